The topological polar surface area (TPSA) is 74.0 Å². The van der Waals surface area contributed by atoms with E-state index in [1.165, 1.54) is 19.3 Å². The van der Waals surface area contributed by atoms with Gasteiger partial charge in [0.15, 0.2) is 5.65 Å². The fourth-order valence-corrected chi connectivity index (χ4v) is 3.70. The van der Waals surface area contributed by atoms with Gasteiger partial charge in [-0.1, -0.05) is 30.9 Å². The number of rotatable bonds is 2. The Labute approximate surface area is 139 Å². The molecular formula is C16H19ClN6. The Kier molecular flexibility index (Phi) is 3.49. The van der Waals surface area contributed by atoms with Crippen molar-refractivity contribution in [1.82, 2.24) is 24.4 Å². The molecule has 0 spiro atoms. The lowest BCUT2D eigenvalue weighted by Gasteiger charge is -2.22. The molecule has 3 aromatic heterocycles. The minimum atomic E-state index is 0.389. The molecular weight excluding hydrogens is 312 g/mol. The average molecular weight is 331 g/mol. The van der Waals surface area contributed by atoms with Crippen LogP contribution in [0.4, 0.5) is 5.82 Å². The minimum absolute atomic E-state index is 0.389. The first-order valence-electron chi connectivity index (χ1n) is 7.97. The largest absolute Gasteiger partial charge is 0.382 e. The van der Waals surface area contributed by atoms with Crippen LogP contribution in [-0.2, 0) is 7.05 Å². The molecule has 7 heteroatoms. The van der Waals surface area contributed by atoms with Gasteiger partial charge < -0.3 is 5.73 Å². The number of hydrogen-bond donors (Lipinski definition) is 1. The molecule has 3 heterocycles. The number of nitrogen functional groups attached to an aromatic ring is 1. The molecule has 1 fully saturated rings. The van der Waals surface area contributed by atoms with E-state index in [9.17, 15) is 0 Å². The Morgan fingerprint density at radius 3 is 2.65 bits per heavy atom. The van der Waals surface area contributed by atoms with Gasteiger partial charge >= 0.3 is 0 Å². The summed E-state index contributed by atoms with van der Waals surface area (Å²) in [5.74, 6) is 0.854. The van der Waals surface area contributed by atoms with Crippen molar-refractivity contribution in [3.8, 4) is 11.1 Å². The first kappa shape index (κ1) is 14.5. The summed E-state index contributed by atoms with van der Waals surface area (Å²) >= 11 is 6.50. The molecule has 4 rings (SSSR count). The standard InChI is InChI=1S/C16H19ClN6/c1-22-9-11(7-19-22)12-8-20-23-15(18)13(17)14(21-16(12)23)10-5-3-2-4-6-10/h7-10H,2-6,18H2,1H3. The lowest BCUT2D eigenvalue weighted by atomic mass is 9.86. The fraction of sp³-hybridized carbons (Fsp3) is 0.438. The number of halogens is 1. The molecule has 0 atom stereocenters. The van der Waals surface area contributed by atoms with E-state index in [0.717, 1.165) is 35.3 Å². The lowest BCUT2D eigenvalue weighted by molar-refractivity contribution is 0.437. The molecule has 0 aliphatic heterocycles. The molecule has 1 saturated carbocycles. The molecule has 3 aromatic rings. The molecule has 0 amide bonds. The van der Waals surface area contributed by atoms with E-state index in [0.29, 0.717) is 16.8 Å². The van der Waals surface area contributed by atoms with Crippen LogP contribution in [0.25, 0.3) is 16.8 Å². The van der Waals surface area contributed by atoms with Crippen molar-refractivity contribution >= 4 is 23.1 Å². The molecule has 6 nitrogen and oxygen atoms in total. The third kappa shape index (κ3) is 2.37. The maximum Gasteiger partial charge on any atom is 0.165 e. The average Bonchev–Trinajstić information content (AvgIpc) is 3.17. The summed E-state index contributed by atoms with van der Waals surface area (Å²) in [5, 5.41) is 9.13. The van der Waals surface area contributed by atoms with Crippen LogP contribution in [0.5, 0.6) is 0 Å². The SMILES string of the molecule is Cn1cc(-c2cnn3c(N)c(Cl)c(C4CCCCC4)nc23)cn1. The highest BCUT2D eigenvalue weighted by molar-refractivity contribution is 6.33. The first-order valence-corrected chi connectivity index (χ1v) is 8.34. The summed E-state index contributed by atoms with van der Waals surface area (Å²) in [7, 11) is 1.89. The summed E-state index contributed by atoms with van der Waals surface area (Å²) in [4.78, 5) is 4.86. The molecule has 0 radical (unpaired) electrons. The predicted octanol–water partition coefficient (Wildman–Crippen LogP) is 3.41. The zero-order chi connectivity index (χ0) is 16.0. The van der Waals surface area contributed by atoms with Crippen LogP contribution in [0.15, 0.2) is 18.6 Å². The molecule has 120 valence electrons. The van der Waals surface area contributed by atoms with Crippen molar-refractivity contribution < 1.29 is 0 Å². The highest BCUT2D eigenvalue weighted by Crippen LogP contribution is 2.38. The van der Waals surface area contributed by atoms with Gasteiger partial charge in [-0.3, -0.25) is 4.68 Å². The Bertz CT molecular complexity index is 859. The van der Waals surface area contributed by atoms with Gasteiger partial charge in [-0.15, -0.1) is 0 Å². The Morgan fingerprint density at radius 2 is 1.96 bits per heavy atom. The third-order valence-electron chi connectivity index (χ3n) is 4.66. The molecule has 0 saturated heterocycles. The van der Waals surface area contributed by atoms with E-state index in [-0.39, 0.29) is 0 Å². The Hall–Kier alpha value is -2.08. The zero-order valence-electron chi connectivity index (χ0n) is 13.0. The van der Waals surface area contributed by atoms with Crippen LogP contribution >= 0.6 is 11.6 Å². The van der Waals surface area contributed by atoms with Gasteiger partial charge in [-0.25, -0.2) is 4.98 Å². The van der Waals surface area contributed by atoms with Gasteiger partial charge in [0.1, 0.15) is 10.8 Å². The van der Waals surface area contributed by atoms with Crippen LogP contribution in [0.1, 0.15) is 43.7 Å². The monoisotopic (exact) mass is 330 g/mol. The van der Waals surface area contributed by atoms with E-state index in [4.69, 9.17) is 22.3 Å². The van der Waals surface area contributed by atoms with Crippen molar-refractivity contribution in [1.29, 1.82) is 0 Å². The maximum absolute atomic E-state index is 6.50. The molecule has 0 aromatic carbocycles. The molecule has 0 bridgehead atoms. The molecule has 0 unspecified atom stereocenters. The highest BCUT2D eigenvalue weighted by atomic mass is 35.5. The number of hydrogen-bond acceptors (Lipinski definition) is 4. The first-order chi connectivity index (χ1) is 11.1. The van der Waals surface area contributed by atoms with E-state index in [2.05, 4.69) is 10.2 Å². The second-order valence-corrected chi connectivity index (χ2v) is 6.61. The molecule has 2 N–H and O–H groups in total. The van der Waals surface area contributed by atoms with Crippen LogP contribution in [0.2, 0.25) is 5.02 Å². The van der Waals surface area contributed by atoms with Gasteiger partial charge in [0, 0.05) is 30.3 Å². The fourth-order valence-electron chi connectivity index (χ4n) is 3.42. The Balaban J connectivity index is 1.89. The van der Waals surface area contributed by atoms with E-state index < -0.39 is 0 Å². The number of anilines is 1. The summed E-state index contributed by atoms with van der Waals surface area (Å²) in [6.07, 6.45) is 11.5. The van der Waals surface area contributed by atoms with E-state index >= 15 is 0 Å². The van der Waals surface area contributed by atoms with Crippen LogP contribution < -0.4 is 5.73 Å². The van der Waals surface area contributed by atoms with Crippen LogP contribution in [-0.4, -0.2) is 24.4 Å². The van der Waals surface area contributed by atoms with Crippen molar-refractivity contribution in [3.05, 3.63) is 29.3 Å². The second kappa shape index (κ2) is 5.53. The highest BCUT2D eigenvalue weighted by Gasteiger charge is 2.24. The Morgan fingerprint density at radius 1 is 1.17 bits per heavy atom. The molecule has 1 aliphatic rings. The lowest BCUT2D eigenvalue weighted by Crippen LogP contribution is -2.11. The molecule has 1 aliphatic carbocycles. The van der Waals surface area contributed by atoms with Gasteiger partial charge in [0.2, 0.25) is 0 Å². The van der Waals surface area contributed by atoms with Gasteiger partial charge in [0.25, 0.3) is 0 Å². The van der Waals surface area contributed by atoms with Gasteiger partial charge in [-0.2, -0.15) is 14.7 Å². The molecule has 23 heavy (non-hydrogen) atoms. The van der Waals surface area contributed by atoms with Crippen molar-refractivity contribution in [2.75, 3.05) is 5.73 Å². The number of fused-ring (bicyclic) bond motifs is 1. The number of aromatic nitrogens is 5. The van der Waals surface area contributed by atoms with Gasteiger partial charge in [0.05, 0.1) is 18.1 Å². The van der Waals surface area contributed by atoms with E-state index in [1.54, 1.807) is 15.4 Å². The summed E-state index contributed by atoms with van der Waals surface area (Å²) in [6, 6.07) is 0. The van der Waals surface area contributed by atoms with E-state index in [1.807, 2.05) is 19.4 Å². The number of nitrogens with zero attached hydrogens (tertiary/aromatic N) is 5. The predicted molar refractivity (Wildman–Crippen MR) is 90.4 cm³/mol. The minimum Gasteiger partial charge on any atom is -0.382 e. The normalized spacial score (nSPS) is 16.3. The summed E-state index contributed by atoms with van der Waals surface area (Å²) in [5.41, 5.74) is 9.81. The zero-order valence-corrected chi connectivity index (χ0v) is 13.8. The third-order valence-corrected chi connectivity index (χ3v) is 5.04. The summed E-state index contributed by atoms with van der Waals surface area (Å²) < 4.78 is 3.39. The maximum atomic E-state index is 6.50. The second-order valence-electron chi connectivity index (χ2n) is 6.23. The quantitative estimate of drug-likeness (QED) is 0.781. The van der Waals surface area contributed by atoms with Gasteiger partial charge in [-0.05, 0) is 12.8 Å². The van der Waals surface area contributed by atoms with Crippen molar-refractivity contribution in [2.24, 2.45) is 7.05 Å². The smallest absolute Gasteiger partial charge is 0.165 e. The van der Waals surface area contributed by atoms with Crippen LogP contribution in [0.3, 0.4) is 0 Å². The summed E-state index contributed by atoms with van der Waals surface area (Å²) in [6.45, 7) is 0. The van der Waals surface area contributed by atoms with Crippen molar-refractivity contribution in [3.63, 3.8) is 0 Å². The number of aryl methyl sites for hydroxylation is 1. The number of nitrogens with two attached hydrogens (primary N) is 1. The van der Waals surface area contributed by atoms with Crippen LogP contribution in [0, 0.1) is 0 Å². The van der Waals surface area contributed by atoms with Crippen molar-refractivity contribution in [2.45, 2.75) is 38.0 Å².